The molecule has 2 atom stereocenters. The minimum absolute atomic E-state index is 0.274. The molecule has 3 nitrogen and oxygen atoms in total. The van der Waals surface area contributed by atoms with Gasteiger partial charge < -0.3 is 15.6 Å². The summed E-state index contributed by atoms with van der Waals surface area (Å²) in [4.78, 5) is 0. The predicted octanol–water partition coefficient (Wildman–Crippen LogP) is 1.59. The predicted molar refractivity (Wildman–Crippen MR) is 69.8 cm³/mol. The second-order valence-electron chi connectivity index (χ2n) is 4.85. The summed E-state index contributed by atoms with van der Waals surface area (Å²) in [7, 11) is 0. The van der Waals surface area contributed by atoms with Gasteiger partial charge in [0.05, 0.1) is 12.7 Å². The van der Waals surface area contributed by atoms with Crippen LogP contribution >= 0.6 is 0 Å². The first kappa shape index (κ1) is 14.2. The number of aliphatic hydroxyl groups excluding tert-OH is 1. The average molecular weight is 237 g/mol. The van der Waals surface area contributed by atoms with Gasteiger partial charge in [0.15, 0.2) is 0 Å². The van der Waals surface area contributed by atoms with Gasteiger partial charge in [-0.1, -0.05) is 44.2 Å². The van der Waals surface area contributed by atoms with Crippen LogP contribution in [0.2, 0.25) is 0 Å². The summed E-state index contributed by atoms with van der Waals surface area (Å²) >= 11 is 0. The van der Waals surface area contributed by atoms with Crippen molar-refractivity contribution in [2.45, 2.75) is 32.4 Å². The zero-order valence-corrected chi connectivity index (χ0v) is 10.7. The number of benzene rings is 1. The number of aliphatic hydroxyl groups is 1. The summed E-state index contributed by atoms with van der Waals surface area (Å²) in [5.74, 6) is 0.479. The maximum absolute atomic E-state index is 9.84. The lowest BCUT2D eigenvalue weighted by Crippen LogP contribution is -2.39. The van der Waals surface area contributed by atoms with E-state index in [1.54, 1.807) is 0 Å². The minimum Gasteiger partial charge on any atom is -0.389 e. The van der Waals surface area contributed by atoms with Crippen LogP contribution in [-0.4, -0.2) is 30.5 Å². The molecule has 0 aromatic heterocycles. The molecule has 1 aromatic rings. The molecule has 0 saturated carbocycles. The molecule has 0 aliphatic rings. The Morgan fingerprint density at radius 1 is 1.18 bits per heavy atom. The highest BCUT2D eigenvalue weighted by atomic mass is 16.5. The lowest BCUT2D eigenvalue weighted by atomic mass is 10.0. The van der Waals surface area contributed by atoms with Crippen molar-refractivity contribution in [3.05, 3.63) is 35.9 Å². The maximum atomic E-state index is 9.84. The van der Waals surface area contributed by atoms with E-state index < -0.39 is 6.10 Å². The van der Waals surface area contributed by atoms with Crippen molar-refractivity contribution in [1.29, 1.82) is 0 Å². The Kier molecular flexibility index (Phi) is 6.19. The van der Waals surface area contributed by atoms with Gasteiger partial charge in [-0.15, -0.1) is 0 Å². The minimum atomic E-state index is -0.603. The Bertz CT molecular complexity index is 300. The van der Waals surface area contributed by atoms with Crippen LogP contribution in [0.15, 0.2) is 30.3 Å². The van der Waals surface area contributed by atoms with Gasteiger partial charge in [0.2, 0.25) is 0 Å². The summed E-state index contributed by atoms with van der Waals surface area (Å²) in [5.41, 5.74) is 7.08. The molecule has 0 aliphatic heterocycles. The quantitative estimate of drug-likeness (QED) is 0.757. The van der Waals surface area contributed by atoms with Crippen LogP contribution < -0.4 is 5.73 Å². The fourth-order valence-electron chi connectivity index (χ4n) is 1.57. The summed E-state index contributed by atoms with van der Waals surface area (Å²) < 4.78 is 5.39. The van der Waals surface area contributed by atoms with Gasteiger partial charge in [0.25, 0.3) is 0 Å². The van der Waals surface area contributed by atoms with Crippen molar-refractivity contribution in [2.24, 2.45) is 11.7 Å². The fraction of sp³-hybridized carbons (Fsp3) is 0.571. The van der Waals surface area contributed by atoms with Crippen LogP contribution in [0.5, 0.6) is 0 Å². The maximum Gasteiger partial charge on any atom is 0.0927 e. The fourth-order valence-corrected chi connectivity index (χ4v) is 1.57. The summed E-state index contributed by atoms with van der Waals surface area (Å²) in [6.07, 6.45) is 0.0708. The molecule has 96 valence electrons. The van der Waals surface area contributed by atoms with Crippen LogP contribution in [0, 0.1) is 5.92 Å². The zero-order chi connectivity index (χ0) is 12.7. The van der Waals surface area contributed by atoms with Gasteiger partial charge in [-0.25, -0.2) is 0 Å². The summed E-state index contributed by atoms with van der Waals surface area (Å²) in [6.45, 7) is 5.13. The first-order valence-corrected chi connectivity index (χ1v) is 6.15. The van der Waals surface area contributed by atoms with Crippen molar-refractivity contribution in [1.82, 2.24) is 0 Å². The molecule has 0 saturated heterocycles. The van der Waals surface area contributed by atoms with Crippen molar-refractivity contribution in [3.8, 4) is 0 Å². The molecule has 0 heterocycles. The van der Waals surface area contributed by atoms with E-state index >= 15 is 0 Å². The van der Waals surface area contributed by atoms with Crippen LogP contribution in [0.3, 0.4) is 0 Å². The smallest absolute Gasteiger partial charge is 0.0927 e. The zero-order valence-electron chi connectivity index (χ0n) is 10.7. The molecule has 0 spiro atoms. The monoisotopic (exact) mass is 237 g/mol. The van der Waals surface area contributed by atoms with Crippen LogP contribution in [0.25, 0.3) is 0 Å². The molecule has 0 aliphatic carbocycles. The van der Waals surface area contributed by atoms with Crippen molar-refractivity contribution in [2.75, 3.05) is 13.2 Å². The highest BCUT2D eigenvalue weighted by molar-refractivity contribution is 5.16. The van der Waals surface area contributed by atoms with E-state index in [-0.39, 0.29) is 6.04 Å². The van der Waals surface area contributed by atoms with Gasteiger partial charge in [0.1, 0.15) is 0 Å². The standard InChI is InChI=1S/C14H23NO2/c1-11(2)9-17-10-14(16)13(15)8-12-6-4-3-5-7-12/h3-7,11,13-14,16H,8-10,15H2,1-2H3. The van der Waals surface area contributed by atoms with Gasteiger partial charge in [-0.05, 0) is 17.9 Å². The number of nitrogens with two attached hydrogens (primary N) is 1. The van der Waals surface area contributed by atoms with Crippen molar-refractivity contribution >= 4 is 0 Å². The molecule has 0 radical (unpaired) electrons. The molecule has 3 heteroatoms. The molecule has 17 heavy (non-hydrogen) atoms. The van der Waals surface area contributed by atoms with E-state index in [2.05, 4.69) is 13.8 Å². The topological polar surface area (TPSA) is 55.5 Å². The molecular formula is C14H23NO2. The lowest BCUT2D eigenvalue weighted by molar-refractivity contribution is 0.0139. The van der Waals surface area contributed by atoms with Gasteiger partial charge in [-0.2, -0.15) is 0 Å². The molecule has 3 N–H and O–H groups in total. The van der Waals surface area contributed by atoms with Crippen molar-refractivity contribution < 1.29 is 9.84 Å². The molecular weight excluding hydrogens is 214 g/mol. The van der Waals surface area contributed by atoms with Crippen molar-refractivity contribution in [3.63, 3.8) is 0 Å². The Hall–Kier alpha value is -0.900. The number of hydrogen-bond acceptors (Lipinski definition) is 3. The second-order valence-corrected chi connectivity index (χ2v) is 4.85. The normalized spacial score (nSPS) is 14.9. The van der Waals surface area contributed by atoms with E-state index in [4.69, 9.17) is 10.5 Å². The number of ether oxygens (including phenoxy) is 1. The molecule has 0 bridgehead atoms. The third kappa shape index (κ3) is 5.82. The molecule has 1 aromatic carbocycles. The number of rotatable bonds is 7. The number of hydrogen-bond donors (Lipinski definition) is 2. The first-order valence-electron chi connectivity index (χ1n) is 6.15. The molecule has 0 amide bonds. The van der Waals surface area contributed by atoms with Crippen LogP contribution in [-0.2, 0) is 11.2 Å². The Morgan fingerprint density at radius 3 is 2.41 bits per heavy atom. The van der Waals surface area contributed by atoms with E-state index in [1.165, 1.54) is 0 Å². The molecule has 0 fully saturated rings. The third-order valence-corrected chi connectivity index (χ3v) is 2.55. The van der Waals surface area contributed by atoms with Gasteiger partial charge in [0, 0.05) is 12.6 Å². The van der Waals surface area contributed by atoms with Crippen LogP contribution in [0.4, 0.5) is 0 Å². The second kappa shape index (κ2) is 7.43. The van der Waals surface area contributed by atoms with Gasteiger partial charge in [-0.3, -0.25) is 0 Å². The van der Waals surface area contributed by atoms with E-state index in [1.807, 2.05) is 30.3 Å². The SMILES string of the molecule is CC(C)COCC(O)C(N)Cc1ccccc1. The lowest BCUT2D eigenvalue weighted by Gasteiger charge is -2.19. The average Bonchev–Trinajstić information content (AvgIpc) is 2.29. The molecule has 1 rings (SSSR count). The van der Waals surface area contributed by atoms with Crippen LogP contribution in [0.1, 0.15) is 19.4 Å². The van der Waals surface area contributed by atoms with E-state index in [0.29, 0.717) is 25.6 Å². The highest BCUT2D eigenvalue weighted by Gasteiger charge is 2.15. The van der Waals surface area contributed by atoms with Gasteiger partial charge >= 0.3 is 0 Å². The first-order chi connectivity index (χ1) is 8.09. The Morgan fingerprint density at radius 2 is 1.82 bits per heavy atom. The highest BCUT2D eigenvalue weighted by Crippen LogP contribution is 2.05. The van der Waals surface area contributed by atoms with E-state index in [9.17, 15) is 5.11 Å². The summed E-state index contributed by atoms with van der Waals surface area (Å²) in [6, 6.07) is 9.68. The Labute approximate surface area is 104 Å². The molecule has 2 unspecified atom stereocenters. The van der Waals surface area contributed by atoms with E-state index in [0.717, 1.165) is 5.56 Å². The Balaban J connectivity index is 2.29. The summed E-state index contributed by atoms with van der Waals surface area (Å²) in [5, 5.41) is 9.84. The third-order valence-electron chi connectivity index (χ3n) is 2.55. The largest absolute Gasteiger partial charge is 0.389 e.